The average Bonchev–Trinajstić information content (AvgIpc) is 3.37. The average molecular weight is 502 g/mol. The van der Waals surface area contributed by atoms with Gasteiger partial charge >= 0.3 is 0 Å². The van der Waals surface area contributed by atoms with Gasteiger partial charge in [-0.1, -0.05) is 56.9 Å². The zero-order valence-electron chi connectivity index (χ0n) is 20.0. The summed E-state index contributed by atoms with van der Waals surface area (Å²) in [6.45, 7) is 6.71. The molecule has 4 rings (SSSR count). The summed E-state index contributed by atoms with van der Waals surface area (Å²) < 4.78 is 2.06. The Morgan fingerprint density at radius 3 is 2.79 bits per heavy atom. The number of hydrogen-bond acceptors (Lipinski definition) is 6. The Labute approximate surface area is 210 Å². The molecule has 1 saturated carbocycles. The molecular weight excluding hydrogens is 466 g/mol. The van der Waals surface area contributed by atoms with Crippen molar-refractivity contribution in [2.75, 3.05) is 11.1 Å². The summed E-state index contributed by atoms with van der Waals surface area (Å²) in [4.78, 5) is 26.1. The zero-order valence-corrected chi connectivity index (χ0v) is 21.6. The van der Waals surface area contributed by atoms with Crippen molar-refractivity contribution in [1.82, 2.24) is 14.8 Å². The number of thiophene rings is 1. The van der Waals surface area contributed by atoms with Crippen molar-refractivity contribution in [1.29, 1.82) is 0 Å². The van der Waals surface area contributed by atoms with Crippen molar-refractivity contribution in [3.05, 3.63) is 34.5 Å². The van der Waals surface area contributed by atoms with Crippen molar-refractivity contribution < 1.29 is 9.59 Å². The van der Waals surface area contributed by atoms with E-state index < -0.39 is 5.91 Å². The lowest BCUT2D eigenvalue weighted by molar-refractivity contribution is -0.113. The zero-order chi connectivity index (χ0) is 24.1. The molecule has 0 aliphatic heterocycles. The highest BCUT2D eigenvalue weighted by Gasteiger charge is 2.27. The molecule has 2 aliphatic carbocycles. The number of amides is 2. The van der Waals surface area contributed by atoms with E-state index >= 15 is 0 Å². The number of carbonyl (C=O) groups excluding carboxylic acids is 2. The predicted molar refractivity (Wildman–Crippen MR) is 138 cm³/mol. The number of carbonyl (C=O) groups is 2. The lowest BCUT2D eigenvalue weighted by atomic mass is 9.86. The highest BCUT2D eigenvalue weighted by atomic mass is 32.2. The Hall–Kier alpha value is -2.13. The van der Waals surface area contributed by atoms with Crippen LogP contribution < -0.4 is 11.1 Å². The van der Waals surface area contributed by atoms with E-state index in [9.17, 15) is 9.59 Å². The van der Waals surface area contributed by atoms with Gasteiger partial charge in [0.15, 0.2) is 5.16 Å². The largest absolute Gasteiger partial charge is 0.365 e. The molecule has 1 unspecified atom stereocenters. The fourth-order valence-corrected chi connectivity index (χ4v) is 7.32. The molecule has 3 N–H and O–H groups in total. The predicted octanol–water partition coefficient (Wildman–Crippen LogP) is 4.99. The fourth-order valence-electron chi connectivity index (χ4n) is 5.12. The molecule has 1 atom stereocenters. The Morgan fingerprint density at radius 1 is 1.26 bits per heavy atom. The lowest BCUT2D eigenvalue weighted by Crippen LogP contribution is -2.20. The van der Waals surface area contributed by atoms with E-state index in [0.29, 0.717) is 23.0 Å². The normalized spacial score (nSPS) is 18.4. The number of anilines is 1. The topological polar surface area (TPSA) is 103 Å². The Bertz CT molecular complexity index is 1040. The number of primary amides is 1. The maximum atomic E-state index is 12.8. The second-order valence-electron chi connectivity index (χ2n) is 9.60. The maximum absolute atomic E-state index is 12.8. The molecule has 2 aliphatic rings. The SMILES string of the molecule is C=CCn1c(CCC2CCCCC2)nnc1SCC(=O)Nc1sc2c(c1C(N)=O)CCC(C)C2. The van der Waals surface area contributed by atoms with Crippen LogP contribution in [0.2, 0.25) is 0 Å². The fraction of sp³-hybridized carbons (Fsp3) is 0.600. The van der Waals surface area contributed by atoms with Crippen molar-refractivity contribution in [2.24, 2.45) is 17.6 Å². The van der Waals surface area contributed by atoms with Gasteiger partial charge in [-0.05, 0) is 43.1 Å². The van der Waals surface area contributed by atoms with Crippen molar-refractivity contribution in [3.63, 3.8) is 0 Å². The molecule has 0 aromatic carbocycles. The minimum atomic E-state index is -0.469. The molecule has 0 saturated heterocycles. The summed E-state index contributed by atoms with van der Waals surface area (Å²) >= 11 is 2.86. The number of hydrogen-bond donors (Lipinski definition) is 2. The van der Waals surface area contributed by atoms with Gasteiger partial charge in [-0.25, -0.2) is 0 Å². The van der Waals surface area contributed by atoms with Crippen LogP contribution in [0.25, 0.3) is 0 Å². The summed E-state index contributed by atoms with van der Waals surface area (Å²) in [5.41, 5.74) is 7.19. The number of thioether (sulfide) groups is 1. The molecule has 2 aromatic heterocycles. The van der Waals surface area contributed by atoms with Gasteiger partial charge in [-0.15, -0.1) is 28.1 Å². The second-order valence-corrected chi connectivity index (χ2v) is 11.6. The highest BCUT2D eigenvalue weighted by Crippen LogP contribution is 2.39. The van der Waals surface area contributed by atoms with Crippen LogP contribution >= 0.6 is 23.1 Å². The number of allylic oxidation sites excluding steroid dienone is 1. The minimum absolute atomic E-state index is 0.170. The molecule has 7 nitrogen and oxygen atoms in total. The number of aromatic nitrogens is 3. The van der Waals surface area contributed by atoms with E-state index in [2.05, 4.69) is 33.6 Å². The molecule has 34 heavy (non-hydrogen) atoms. The molecule has 0 spiro atoms. The van der Waals surface area contributed by atoms with Crippen LogP contribution in [0.4, 0.5) is 5.00 Å². The Balaban J connectivity index is 1.39. The minimum Gasteiger partial charge on any atom is -0.365 e. The Morgan fingerprint density at radius 2 is 2.06 bits per heavy atom. The lowest BCUT2D eigenvalue weighted by Gasteiger charge is -2.21. The van der Waals surface area contributed by atoms with Crippen LogP contribution in [0.1, 0.15) is 78.5 Å². The molecular formula is C25H35N5O2S2. The second kappa shape index (κ2) is 11.5. The van der Waals surface area contributed by atoms with Gasteiger partial charge in [0.05, 0.1) is 11.3 Å². The van der Waals surface area contributed by atoms with Crippen LogP contribution in [0.5, 0.6) is 0 Å². The summed E-state index contributed by atoms with van der Waals surface area (Å²) in [6, 6.07) is 0. The molecule has 2 amide bonds. The number of rotatable bonds is 10. The number of fused-ring (bicyclic) bond motifs is 1. The monoisotopic (exact) mass is 501 g/mol. The van der Waals surface area contributed by atoms with E-state index in [1.165, 1.54) is 60.1 Å². The van der Waals surface area contributed by atoms with E-state index in [4.69, 9.17) is 5.73 Å². The summed E-state index contributed by atoms with van der Waals surface area (Å²) in [6.07, 6.45) is 13.4. The van der Waals surface area contributed by atoms with Gasteiger partial charge in [0, 0.05) is 17.8 Å². The van der Waals surface area contributed by atoms with Crippen molar-refractivity contribution in [3.8, 4) is 0 Å². The smallest absolute Gasteiger partial charge is 0.251 e. The van der Waals surface area contributed by atoms with Crippen LogP contribution in [-0.4, -0.2) is 32.3 Å². The molecule has 2 aromatic rings. The molecule has 0 bridgehead atoms. The maximum Gasteiger partial charge on any atom is 0.251 e. The van der Waals surface area contributed by atoms with Crippen molar-refractivity contribution in [2.45, 2.75) is 82.8 Å². The van der Waals surface area contributed by atoms with Crippen LogP contribution in [-0.2, 0) is 30.6 Å². The number of nitrogens with zero attached hydrogens (tertiary/aromatic N) is 3. The summed E-state index contributed by atoms with van der Waals surface area (Å²) in [5, 5.41) is 13.0. The third kappa shape index (κ3) is 5.92. The van der Waals surface area contributed by atoms with Gasteiger partial charge in [-0.2, -0.15) is 0 Å². The summed E-state index contributed by atoms with van der Waals surface area (Å²) in [5.74, 6) is 1.87. The molecule has 184 valence electrons. The van der Waals surface area contributed by atoms with Gasteiger partial charge in [0.1, 0.15) is 10.8 Å². The number of nitrogens with one attached hydrogen (secondary N) is 1. The van der Waals surface area contributed by atoms with Gasteiger partial charge in [-0.3, -0.25) is 9.59 Å². The number of aryl methyl sites for hydroxylation is 1. The third-order valence-electron chi connectivity index (χ3n) is 6.95. The third-order valence-corrected chi connectivity index (χ3v) is 9.09. The molecule has 2 heterocycles. The first-order chi connectivity index (χ1) is 16.5. The standard InChI is InChI=1S/C25H35N5O2S2/c1-3-13-30-20(12-10-17-7-5-4-6-8-17)28-29-25(30)33-15-21(31)27-24-22(23(26)32)18-11-9-16(2)14-19(18)34-24/h3,16-17H,1,4-15H2,2H3,(H2,26,32)(H,27,31). The van der Waals surface area contributed by atoms with Crippen LogP contribution in [0.3, 0.4) is 0 Å². The summed E-state index contributed by atoms with van der Waals surface area (Å²) in [7, 11) is 0. The van der Waals surface area contributed by atoms with E-state index in [0.717, 1.165) is 54.6 Å². The van der Waals surface area contributed by atoms with E-state index in [1.807, 2.05) is 6.08 Å². The highest BCUT2D eigenvalue weighted by molar-refractivity contribution is 7.99. The first-order valence-electron chi connectivity index (χ1n) is 12.4. The van der Waals surface area contributed by atoms with Gasteiger partial charge in [0.25, 0.3) is 5.91 Å². The van der Waals surface area contributed by atoms with Gasteiger partial charge in [0.2, 0.25) is 5.91 Å². The quantitative estimate of drug-likeness (QED) is 0.352. The van der Waals surface area contributed by atoms with E-state index in [1.54, 1.807) is 0 Å². The van der Waals surface area contributed by atoms with Crippen LogP contribution in [0, 0.1) is 11.8 Å². The van der Waals surface area contributed by atoms with Gasteiger partial charge < -0.3 is 15.6 Å². The number of nitrogens with two attached hydrogens (primary N) is 1. The molecule has 0 radical (unpaired) electrons. The molecule has 9 heteroatoms. The van der Waals surface area contributed by atoms with Crippen molar-refractivity contribution >= 4 is 39.9 Å². The molecule has 1 fully saturated rings. The first kappa shape index (κ1) is 25.0. The van der Waals surface area contributed by atoms with Crippen LogP contribution in [0.15, 0.2) is 17.8 Å². The Kier molecular flexibility index (Phi) is 8.47. The first-order valence-corrected chi connectivity index (χ1v) is 14.2. The van der Waals surface area contributed by atoms with E-state index in [-0.39, 0.29) is 11.7 Å².